The highest BCUT2D eigenvalue weighted by atomic mass is 32.2. The maximum Gasteiger partial charge on any atom is 0.205 e. The van der Waals surface area contributed by atoms with Gasteiger partial charge in [0.2, 0.25) is 9.84 Å². The average Bonchev–Trinajstić information content (AvgIpc) is 2.92. The molecule has 1 aromatic heterocycles. The smallest absolute Gasteiger partial charge is 0.205 e. The van der Waals surface area contributed by atoms with Crippen molar-refractivity contribution >= 4 is 15.9 Å². The minimum atomic E-state index is -3.56. The second-order valence-electron chi connectivity index (χ2n) is 3.88. The van der Waals surface area contributed by atoms with Gasteiger partial charge < -0.3 is 9.15 Å². The molecule has 19 heavy (non-hydrogen) atoms. The summed E-state index contributed by atoms with van der Waals surface area (Å²) < 4.78 is 35.0. The Hall–Kier alpha value is -1.85. The molecule has 0 spiro atoms. The first-order valence-corrected chi connectivity index (χ1v) is 7.16. The van der Waals surface area contributed by atoms with Crippen LogP contribution in [-0.2, 0) is 14.6 Å². The molecule has 0 fully saturated rings. The van der Waals surface area contributed by atoms with Crippen LogP contribution in [-0.4, -0.2) is 22.1 Å². The number of methoxy groups -OCH3 is 1. The van der Waals surface area contributed by atoms with Gasteiger partial charge in [-0.3, -0.25) is 0 Å². The fourth-order valence-electron chi connectivity index (χ4n) is 1.62. The highest BCUT2D eigenvalue weighted by molar-refractivity contribution is 7.95. The number of sulfone groups is 1. The van der Waals surface area contributed by atoms with Crippen molar-refractivity contribution < 1.29 is 17.6 Å². The minimum absolute atomic E-state index is 0.00206. The molecular weight excluding hydrogens is 264 g/mol. The van der Waals surface area contributed by atoms with Crippen LogP contribution in [0.2, 0.25) is 0 Å². The van der Waals surface area contributed by atoms with Crippen LogP contribution in [0.25, 0.3) is 6.08 Å². The molecule has 5 heteroatoms. The van der Waals surface area contributed by atoms with Gasteiger partial charge in [-0.05, 0) is 30.3 Å². The fraction of sp³-hybridized carbons (Fsp3) is 0.143. The van der Waals surface area contributed by atoms with E-state index in [4.69, 9.17) is 9.15 Å². The lowest BCUT2D eigenvalue weighted by Gasteiger charge is -2.08. The van der Waals surface area contributed by atoms with Gasteiger partial charge in [0.05, 0.1) is 22.7 Å². The Morgan fingerprint density at radius 1 is 1.21 bits per heavy atom. The summed E-state index contributed by atoms with van der Waals surface area (Å²) in [7, 11) is -2.11. The Morgan fingerprint density at radius 2 is 1.95 bits per heavy atom. The number of hydrogen-bond acceptors (Lipinski definition) is 4. The van der Waals surface area contributed by atoms with Crippen molar-refractivity contribution in [2.45, 2.75) is 4.90 Å². The highest BCUT2D eigenvalue weighted by Gasteiger charge is 2.20. The van der Waals surface area contributed by atoms with Crippen molar-refractivity contribution in [2.24, 2.45) is 0 Å². The number of ether oxygens (including phenoxy) is 1. The molecule has 0 aliphatic rings. The normalized spacial score (nSPS) is 12.6. The van der Waals surface area contributed by atoms with Crippen LogP contribution in [0.15, 0.2) is 62.9 Å². The van der Waals surface area contributed by atoms with E-state index < -0.39 is 9.84 Å². The van der Waals surface area contributed by atoms with Crippen LogP contribution in [0.5, 0.6) is 0 Å². The lowest BCUT2D eigenvalue weighted by molar-refractivity contribution is 0.231. The molecule has 4 nitrogen and oxygen atoms in total. The number of rotatable bonds is 5. The van der Waals surface area contributed by atoms with E-state index in [-0.39, 0.29) is 16.4 Å². The lowest BCUT2D eigenvalue weighted by Crippen LogP contribution is -2.09. The van der Waals surface area contributed by atoms with E-state index in [2.05, 4.69) is 0 Å². The number of benzene rings is 1. The second kappa shape index (κ2) is 5.86. The number of furan rings is 1. The highest BCUT2D eigenvalue weighted by Crippen LogP contribution is 2.21. The van der Waals surface area contributed by atoms with E-state index in [0.29, 0.717) is 5.76 Å². The van der Waals surface area contributed by atoms with Gasteiger partial charge >= 0.3 is 0 Å². The van der Waals surface area contributed by atoms with Gasteiger partial charge in [0.1, 0.15) is 5.76 Å². The molecule has 0 unspecified atom stereocenters. The summed E-state index contributed by atoms with van der Waals surface area (Å²) in [5.41, 5.74) is 0. The predicted molar refractivity (Wildman–Crippen MR) is 72.2 cm³/mol. The monoisotopic (exact) mass is 278 g/mol. The van der Waals surface area contributed by atoms with E-state index >= 15 is 0 Å². The van der Waals surface area contributed by atoms with Gasteiger partial charge in [-0.15, -0.1) is 0 Å². The minimum Gasteiger partial charge on any atom is -0.465 e. The zero-order chi connectivity index (χ0) is 13.7. The molecule has 0 bridgehead atoms. The first-order valence-electron chi connectivity index (χ1n) is 5.68. The summed E-state index contributed by atoms with van der Waals surface area (Å²) >= 11 is 0. The van der Waals surface area contributed by atoms with Crippen molar-refractivity contribution in [3.05, 3.63) is 59.4 Å². The van der Waals surface area contributed by atoms with Gasteiger partial charge in [-0.2, -0.15) is 0 Å². The third-order valence-electron chi connectivity index (χ3n) is 2.53. The van der Waals surface area contributed by atoms with Gasteiger partial charge in [-0.25, -0.2) is 8.42 Å². The Morgan fingerprint density at radius 3 is 2.53 bits per heavy atom. The molecule has 0 aliphatic carbocycles. The fourth-order valence-corrected chi connectivity index (χ4v) is 2.98. The van der Waals surface area contributed by atoms with Crippen LogP contribution < -0.4 is 0 Å². The molecule has 0 N–H and O–H groups in total. The molecule has 0 atom stereocenters. The summed E-state index contributed by atoms with van der Waals surface area (Å²) in [4.78, 5) is 0.404. The van der Waals surface area contributed by atoms with Gasteiger partial charge in [0.15, 0.2) is 0 Å². The summed E-state index contributed by atoms with van der Waals surface area (Å²) in [6, 6.07) is 11.6. The quantitative estimate of drug-likeness (QED) is 0.844. The summed E-state index contributed by atoms with van der Waals surface area (Å²) in [6.45, 7) is -0.00206. The van der Waals surface area contributed by atoms with Crippen LogP contribution in [0.4, 0.5) is 0 Å². The van der Waals surface area contributed by atoms with E-state index in [1.54, 1.807) is 42.5 Å². The van der Waals surface area contributed by atoms with Crippen LogP contribution in [0.1, 0.15) is 5.76 Å². The first kappa shape index (κ1) is 13.6. The summed E-state index contributed by atoms with van der Waals surface area (Å²) in [5, 5.41) is 0. The van der Waals surface area contributed by atoms with Crippen LogP contribution in [0, 0.1) is 0 Å². The molecule has 1 aromatic carbocycles. The molecular formula is C14H14O4S. The Balaban J connectivity index is 2.45. The zero-order valence-electron chi connectivity index (χ0n) is 10.4. The van der Waals surface area contributed by atoms with Crippen molar-refractivity contribution in [2.75, 3.05) is 13.7 Å². The average molecular weight is 278 g/mol. The maximum absolute atomic E-state index is 12.5. The van der Waals surface area contributed by atoms with Crippen molar-refractivity contribution in [1.82, 2.24) is 0 Å². The van der Waals surface area contributed by atoms with Crippen molar-refractivity contribution in [3.8, 4) is 0 Å². The Labute approximate surface area is 112 Å². The topological polar surface area (TPSA) is 56.5 Å². The van der Waals surface area contributed by atoms with E-state index in [9.17, 15) is 8.42 Å². The Kier molecular flexibility index (Phi) is 4.19. The molecule has 2 rings (SSSR count). The third-order valence-corrected chi connectivity index (χ3v) is 4.35. The van der Waals surface area contributed by atoms with E-state index in [0.717, 1.165) is 0 Å². The molecule has 2 aromatic rings. The third kappa shape index (κ3) is 3.13. The molecule has 100 valence electrons. The van der Waals surface area contributed by atoms with E-state index in [1.807, 2.05) is 0 Å². The van der Waals surface area contributed by atoms with Gasteiger partial charge in [0.25, 0.3) is 0 Å². The molecule has 0 saturated heterocycles. The van der Waals surface area contributed by atoms with Crippen LogP contribution >= 0.6 is 0 Å². The van der Waals surface area contributed by atoms with Crippen molar-refractivity contribution in [3.63, 3.8) is 0 Å². The van der Waals surface area contributed by atoms with Crippen LogP contribution in [0.3, 0.4) is 0 Å². The molecule has 1 heterocycles. The summed E-state index contributed by atoms with van der Waals surface area (Å²) in [5.74, 6) is 0.478. The second-order valence-corrected chi connectivity index (χ2v) is 5.88. The van der Waals surface area contributed by atoms with Crippen molar-refractivity contribution in [1.29, 1.82) is 0 Å². The molecule has 0 saturated carbocycles. The van der Waals surface area contributed by atoms with Gasteiger partial charge in [0, 0.05) is 7.11 Å². The Bertz CT molecular complexity index is 640. The SMILES string of the molecule is COC/C(=C\c1ccco1)S(=O)(=O)c1ccccc1. The molecule has 0 amide bonds. The molecule has 0 aliphatic heterocycles. The molecule has 0 radical (unpaired) electrons. The van der Waals surface area contributed by atoms with E-state index in [1.165, 1.54) is 19.4 Å². The maximum atomic E-state index is 12.5. The predicted octanol–water partition coefficient (Wildman–Crippen LogP) is 2.74. The first-order chi connectivity index (χ1) is 9.14. The summed E-state index contributed by atoms with van der Waals surface area (Å²) in [6.07, 6.45) is 2.97. The number of hydrogen-bond donors (Lipinski definition) is 0. The largest absolute Gasteiger partial charge is 0.465 e. The lowest BCUT2D eigenvalue weighted by atomic mass is 10.4. The van der Waals surface area contributed by atoms with Gasteiger partial charge in [-0.1, -0.05) is 18.2 Å². The zero-order valence-corrected chi connectivity index (χ0v) is 11.3. The standard InChI is InChI=1S/C14H14O4S/c1-17-11-14(10-12-6-5-9-18-12)19(15,16)13-7-3-2-4-8-13/h2-10H,11H2,1H3/b14-10+.